The first kappa shape index (κ1) is 28.0. The molecule has 0 spiro atoms. The van der Waals surface area contributed by atoms with Crippen molar-refractivity contribution < 1.29 is 37.1 Å². The second-order valence-electron chi connectivity index (χ2n) is 8.65. The van der Waals surface area contributed by atoms with Crippen LogP contribution in [0.4, 0.5) is 13.2 Å². The maximum atomic E-state index is 12.9. The van der Waals surface area contributed by atoms with Gasteiger partial charge in [0.25, 0.3) is 0 Å². The molecule has 14 heteroatoms. The number of hydrogen-bond acceptors (Lipinski definition) is 8. The molecule has 0 bridgehead atoms. The third-order valence-electron chi connectivity index (χ3n) is 5.24. The average Bonchev–Trinajstić information content (AvgIpc) is 3.28. The van der Waals surface area contributed by atoms with Crippen LogP contribution in [-0.2, 0) is 25.4 Å². The molecule has 1 aliphatic rings. The summed E-state index contributed by atoms with van der Waals surface area (Å²) < 4.78 is 43.6. The molecule has 0 radical (unpaired) electrons. The van der Waals surface area contributed by atoms with Crippen LogP contribution in [-0.4, -0.2) is 65.3 Å². The number of halogens is 3. The second-order valence-corrected chi connectivity index (χ2v) is 8.65. The number of nitrogens with one attached hydrogen (secondary N) is 3. The lowest BCUT2D eigenvalue weighted by Gasteiger charge is -2.25. The highest BCUT2D eigenvalue weighted by Crippen LogP contribution is 2.26. The Labute approximate surface area is 199 Å². The largest absolute Gasteiger partial charge is 0.469 e. The summed E-state index contributed by atoms with van der Waals surface area (Å²) >= 11 is 0. The minimum atomic E-state index is -4.78. The lowest BCUT2D eigenvalue weighted by atomic mass is 9.95. The van der Waals surface area contributed by atoms with Gasteiger partial charge in [0.15, 0.2) is 12.4 Å². The van der Waals surface area contributed by atoms with Crippen LogP contribution in [0.2, 0.25) is 0 Å². The van der Waals surface area contributed by atoms with E-state index in [2.05, 4.69) is 25.9 Å². The third kappa shape index (κ3) is 9.11. The molecule has 3 amide bonds. The van der Waals surface area contributed by atoms with Crippen molar-refractivity contribution >= 4 is 23.5 Å². The predicted octanol–water partition coefficient (Wildman–Crippen LogP) is -0.0561. The summed E-state index contributed by atoms with van der Waals surface area (Å²) in [6, 6.07) is -1.09. The molecule has 0 aromatic carbocycles. The predicted molar refractivity (Wildman–Crippen MR) is 116 cm³/mol. The van der Waals surface area contributed by atoms with E-state index in [0.29, 0.717) is 6.54 Å². The highest BCUT2D eigenvalue weighted by Gasteiger charge is 2.35. The lowest BCUT2D eigenvalue weighted by molar-refractivity contribution is -0.145. The van der Waals surface area contributed by atoms with Crippen molar-refractivity contribution in [1.82, 2.24) is 25.9 Å². The van der Waals surface area contributed by atoms with Crippen LogP contribution in [0, 0.1) is 11.8 Å². The quantitative estimate of drug-likeness (QED) is 0.306. The van der Waals surface area contributed by atoms with E-state index >= 15 is 0 Å². The normalized spacial score (nSPS) is 17.5. The maximum absolute atomic E-state index is 12.9. The van der Waals surface area contributed by atoms with Gasteiger partial charge < -0.3 is 26.4 Å². The summed E-state index contributed by atoms with van der Waals surface area (Å²) in [6.45, 7) is 4.31. The average molecular weight is 502 g/mol. The van der Waals surface area contributed by atoms with Crippen LogP contribution in [0.15, 0.2) is 12.3 Å². The van der Waals surface area contributed by atoms with E-state index in [1.54, 1.807) is 13.8 Å². The number of Topliss-reactive ketones (excluding diaryl/α,β-unsaturated/α-hetero) is 1. The second kappa shape index (κ2) is 12.4. The number of hydrogen-bond donors (Lipinski definition) is 4. The van der Waals surface area contributed by atoms with Gasteiger partial charge in [0.1, 0.15) is 6.04 Å². The van der Waals surface area contributed by atoms with Gasteiger partial charge in [-0.05, 0) is 44.2 Å². The Hall–Kier alpha value is -3.29. The van der Waals surface area contributed by atoms with Crippen LogP contribution < -0.4 is 26.4 Å². The van der Waals surface area contributed by atoms with E-state index in [1.807, 2.05) is 0 Å². The number of aromatic nitrogens is 2. The molecule has 3 unspecified atom stereocenters. The Kier molecular flexibility index (Phi) is 9.92. The van der Waals surface area contributed by atoms with Crippen LogP contribution >= 0.6 is 0 Å². The molecule has 1 saturated heterocycles. The van der Waals surface area contributed by atoms with E-state index in [9.17, 15) is 32.3 Å². The first-order chi connectivity index (χ1) is 16.4. The van der Waals surface area contributed by atoms with Gasteiger partial charge in [0.05, 0.1) is 6.04 Å². The van der Waals surface area contributed by atoms with Crippen molar-refractivity contribution in [3.63, 3.8) is 0 Å². The number of primary amides is 1. The number of nitrogens with zero attached hydrogens (tertiary/aromatic N) is 2. The standard InChI is InChI=1S/C21H29F3N6O5/c1-11(2)7-14(29-19(34)17(25)32)18(33)28-13(8-12-3-5-26-9-12)15(31)10-35-16-4-6-27-20(30-16)21(22,23)24/h4,6,11-14,26H,3,5,7-10H2,1-2H3,(H2,25,32)(H,28,33)(H,29,34). The van der Waals surface area contributed by atoms with Crippen molar-refractivity contribution in [1.29, 1.82) is 0 Å². The molecule has 1 aliphatic heterocycles. The Morgan fingerprint density at radius 2 is 1.94 bits per heavy atom. The van der Waals surface area contributed by atoms with E-state index in [-0.39, 0.29) is 24.7 Å². The number of carbonyl (C=O) groups is 4. The number of carbonyl (C=O) groups excluding carboxylic acids is 4. The van der Waals surface area contributed by atoms with E-state index in [4.69, 9.17) is 10.5 Å². The first-order valence-electron chi connectivity index (χ1n) is 11.0. The highest BCUT2D eigenvalue weighted by atomic mass is 19.4. The fraction of sp³-hybridized carbons (Fsp3) is 0.619. The van der Waals surface area contributed by atoms with Gasteiger partial charge in [-0.2, -0.15) is 18.2 Å². The fourth-order valence-electron chi connectivity index (χ4n) is 3.53. The molecule has 11 nitrogen and oxygen atoms in total. The zero-order chi connectivity index (χ0) is 26.2. The van der Waals surface area contributed by atoms with E-state index in [1.165, 1.54) is 0 Å². The van der Waals surface area contributed by atoms with Crippen molar-refractivity contribution in [2.75, 3.05) is 19.7 Å². The van der Waals surface area contributed by atoms with Gasteiger partial charge in [-0.15, -0.1) is 0 Å². The molecule has 1 aromatic heterocycles. The van der Waals surface area contributed by atoms with Crippen molar-refractivity contribution in [2.24, 2.45) is 17.6 Å². The monoisotopic (exact) mass is 502 g/mol. The van der Waals surface area contributed by atoms with E-state index in [0.717, 1.165) is 25.2 Å². The van der Waals surface area contributed by atoms with Crippen LogP contribution in [0.5, 0.6) is 5.88 Å². The maximum Gasteiger partial charge on any atom is 0.451 e. The summed E-state index contributed by atoms with van der Waals surface area (Å²) in [5, 5.41) is 8.00. The summed E-state index contributed by atoms with van der Waals surface area (Å²) in [5.41, 5.74) is 4.96. The Morgan fingerprint density at radius 3 is 2.51 bits per heavy atom. The highest BCUT2D eigenvalue weighted by molar-refractivity contribution is 6.34. The number of rotatable bonds is 11. The van der Waals surface area contributed by atoms with Crippen LogP contribution in [0.3, 0.4) is 0 Å². The van der Waals surface area contributed by atoms with Crippen LogP contribution in [0.1, 0.15) is 38.9 Å². The Morgan fingerprint density at radius 1 is 1.23 bits per heavy atom. The van der Waals surface area contributed by atoms with Crippen molar-refractivity contribution in [2.45, 2.75) is 51.4 Å². The molecule has 35 heavy (non-hydrogen) atoms. The van der Waals surface area contributed by atoms with Gasteiger partial charge >= 0.3 is 18.0 Å². The van der Waals surface area contributed by atoms with Gasteiger partial charge in [0, 0.05) is 12.3 Å². The zero-order valence-electron chi connectivity index (χ0n) is 19.4. The number of alkyl halides is 3. The molecule has 2 heterocycles. The molecular formula is C21H29F3N6O5. The number of amides is 3. The van der Waals surface area contributed by atoms with Gasteiger partial charge in [0.2, 0.25) is 17.6 Å². The topological polar surface area (TPSA) is 165 Å². The Bertz CT molecular complexity index is 921. The third-order valence-corrected chi connectivity index (χ3v) is 5.24. The molecule has 2 rings (SSSR count). The minimum Gasteiger partial charge on any atom is -0.469 e. The SMILES string of the molecule is CC(C)CC(NC(=O)C(N)=O)C(=O)NC(CC1CCNC1)C(=O)COc1ccnc(C(F)(F)F)n1. The van der Waals surface area contributed by atoms with Gasteiger partial charge in [-0.3, -0.25) is 19.2 Å². The number of nitrogens with two attached hydrogens (primary N) is 1. The summed E-state index contributed by atoms with van der Waals surface area (Å²) in [6.07, 6.45) is -2.74. The smallest absolute Gasteiger partial charge is 0.451 e. The molecular weight excluding hydrogens is 473 g/mol. The molecule has 1 aromatic rings. The minimum absolute atomic E-state index is 0.0453. The summed E-state index contributed by atoms with van der Waals surface area (Å²) in [5.74, 6) is -5.53. The first-order valence-corrected chi connectivity index (χ1v) is 11.0. The summed E-state index contributed by atoms with van der Waals surface area (Å²) in [7, 11) is 0. The molecule has 5 N–H and O–H groups in total. The molecule has 1 fully saturated rings. The number of ether oxygens (including phenoxy) is 1. The Balaban J connectivity index is 2.12. The molecule has 0 saturated carbocycles. The fourth-order valence-corrected chi connectivity index (χ4v) is 3.53. The van der Waals surface area contributed by atoms with Crippen LogP contribution in [0.25, 0.3) is 0 Å². The molecule has 194 valence electrons. The van der Waals surface area contributed by atoms with Crippen molar-refractivity contribution in [3.05, 3.63) is 18.1 Å². The molecule has 3 atom stereocenters. The zero-order valence-corrected chi connectivity index (χ0v) is 19.4. The lowest BCUT2D eigenvalue weighted by Crippen LogP contribution is -2.54. The summed E-state index contributed by atoms with van der Waals surface area (Å²) in [4.78, 5) is 55.1. The van der Waals surface area contributed by atoms with Crippen molar-refractivity contribution in [3.8, 4) is 5.88 Å². The molecule has 0 aliphatic carbocycles. The van der Waals surface area contributed by atoms with E-state index < -0.39 is 60.1 Å². The van der Waals surface area contributed by atoms with Gasteiger partial charge in [-0.1, -0.05) is 13.8 Å². The van der Waals surface area contributed by atoms with Gasteiger partial charge in [-0.25, -0.2) is 4.98 Å². The number of ketones is 1.